The number of benzene rings is 1. The van der Waals surface area contributed by atoms with Crippen molar-refractivity contribution in [3.63, 3.8) is 0 Å². The summed E-state index contributed by atoms with van der Waals surface area (Å²) in [6.45, 7) is 3.74. The van der Waals surface area contributed by atoms with Crippen LogP contribution in [0.5, 0.6) is 0 Å². The molecule has 7 heteroatoms. The second-order valence-corrected chi connectivity index (χ2v) is 4.44. The van der Waals surface area contributed by atoms with Crippen LogP contribution in [0.25, 0.3) is 0 Å². The van der Waals surface area contributed by atoms with E-state index in [9.17, 15) is 14.4 Å². The monoisotopic (exact) mass is 308 g/mol. The molecular weight excluding hydrogens is 292 g/mol. The van der Waals surface area contributed by atoms with Crippen LogP contribution in [0.3, 0.4) is 0 Å². The molecule has 2 N–H and O–H groups in total. The summed E-state index contributed by atoms with van der Waals surface area (Å²) in [5.41, 5.74) is -0.229. The lowest BCUT2D eigenvalue weighted by Gasteiger charge is -2.11. The van der Waals surface area contributed by atoms with Crippen molar-refractivity contribution in [2.24, 2.45) is 0 Å². The molecule has 0 aliphatic rings. The first-order valence-electron chi connectivity index (χ1n) is 6.34. The molecule has 0 heterocycles. The van der Waals surface area contributed by atoms with E-state index in [4.69, 9.17) is 14.9 Å². The lowest BCUT2D eigenvalue weighted by atomic mass is 10.1. The van der Waals surface area contributed by atoms with Crippen LogP contribution in [-0.4, -0.2) is 47.4 Å². The van der Waals surface area contributed by atoms with Gasteiger partial charge in [0.05, 0.1) is 17.7 Å². The van der Waals surface area contributed by atoms with Crippen LogP contribution < -0.4 is 0 Å². The van der Waals surface area contributed by atoms with Crippen molar-refractivity contribution in [1.82, 2.24) is 0 Å². The summed E-state index contributed by atoms with van der Waals surface area (Å²) in [5, 5.41) is 17.8. The highest BCUT2D eigenvalue weighted by atomic mass is 16.6. The fourth-order valence-electron chi connectivity index (χ4n) is 1.37. The van der Waals surface area contributed by atoms with E-state index in [0.717, 1.165) is 0 Å². The van der Waals surface area contributed by atoms with E-state index < -0.39 is 37.2 Å². The SMILES string of the molecule is C=C(C)C(=O)OC(=O)c1ccccc1C(=O)OCC(O)CO. The summed E-state index contributed by atoms with van der Waals surface area (Å²) in [5.74, 6) is -2.80. The number of rotatable bonds is 6. The number of carbonyl (C=O) groups excluding carboxylic acids is 3. The number of esters is 3. The highest BCUT2D eigenvalue weighted by Crippen LogP contribution is 2.13. The van der Waals surface area contributed by atoms with E-state index in [0.29, 0.717) is 0 Å². The molecule has 0 saturated heterocycles. The highest BCUT2D eigenvalue weighted by Gasteiger charge is 2.22. The molecule has 0 aliphatic carbocycles. The minimum Gasteiger partial charge on any atom is -0.459 e. The van der Waals surface area contributed by atoms with Gasteiger partial charge in [-0.15, -0.1) is 0 Å². The number of ether oxygens (including phenoxy) is 2. The summed E-state index contributed by atoms with van der Waals surface area (Å²) in [4.78, 5) is 35.1. The fraction of sp³-hybridized carbons (Fsp3) is 0.267. The van der Waals surface area contributed by atoms with Gasteiger partial charge < -0.3 is 19.7 Å². The normalized spacial score (nSPS) is 11.4. The van der Waals surface area contributed by atoms with Crippen LogP contribution in [0.4, 0.5) is 0 Å². The molecular formula is C15H16O7. The average molecular weight is 308 g/mol. The van der Waals surface area contributed by atoms with Crippen molar-refractivity contribution in [3.8, 4) is 0 Å². The number of hydrogen-bond donors (Lipinski definition) is 2. The van der Waals surface area contributed by atoms with Gasteiger partial charge in [-0.1, -0.05) is 18.7 Å². The number of hydrogen-bond acceptors (Lipinski definition) is 7. The lowest BCUT2D eigenvalue weighted by Crippen LogP contribution is -2.23. The Morgan fingerprint density at radius 1 is 1.18 bits per heavy atom. The first kappa shape index (κ1) is 17.5. The minimum absolute atomic E-state index is 0.0412. The molecule has 0 bridgehead atoms. The van der Waals surface area contributed by atoms with Crippen molar-refractivity contribution in [2.75, 3.05) is 13.2 Å². The molecule has 7 nitrogen and oxygen atoms in total. The second-order valence-electron chi connectivity index (χ2n) is 4.44. The smallest absolute Gasteiger partial charge is 0.346 e. The van der Waals surface area contributed by atoms with Gasteiger partial charge in [0, 0.05) is 5.57 Å². The van der Waals surface area contributed by atoms with Gasteiger partial charge in [0.1, 0.15) is 12.7 Å². The molecule has 1 unspecified atom stereocenters. The van der Waals surface area contributed by atoms with E-state index >= 15 is 0 Å². The van der Waals surface area contributed by atoms with Crippen molar-refractivity contribution in [1.29, 1.82) is 0 Å². The van der Waals surface area contributed by atoms with Crippen LogP contribution >= 0.6 is 0 Å². The van der Waals surface area contributed by atoms with Crippen LogP contribution in [0.2, 0.25) is 0 Å². The molecule has 0 radical (unpaired) electrons. The largest absolute Gasteiger partial charge is 0.459 e. The van der Waals surface area contributed by atoms with E-state index in [2.05, 4.69) is 11.3 Å². The van der Waals surface area contributed by atoms with Crippen molar-refractivity contribution in [3.05, 3.63) is 47.5 Å². The molecule has 0 spiro atoms. The van der Waals surface area contributed by atoms with Gasteiger partial charge in [-0.25, -0.2) is 14.4 Å². The summed E-state index contributed by atoms with van der Waals surface area (Å²) >= 11 is 0. The molecule has 118 valence electrons. The average Bonchev–Trinajstić information content (AvgIpc) is 2.51. The second kappa shape index (κ2) is 8.06. The summed E-state index contributed by atoms with van der Waals surface area (Å²) < 4.78 is 9.33. The molecule has 1 rings (SSSR count). The third kappa shape index (κ3) is 4.80. The third-order valence-electron chi connectivity index (χ3n) is 2.52. The topological polar surface area (TPSA) is 110 Å². The molecule has 0 saturated carbocycles. The van der Waals surface area contributed by atoms with Gasteiger partial charge in [-0.05, 0) is 19.1 Å². The lowest BCUT2D eigenvalue weighted by molar-refractivity contribution is -0.133. The summed E-state index contributed by atoms with van der Waals surface area (Å²) in [6.07, 6.45) is -1.21. The Morgan fingerprint density at radius 2 is 1.73 bits per heavy atom. The zero-order valence-corrected chi connectivity index (χ0v) is 11.9. The molecule has 1 aromatic carbocycles. The molecule has 22 heavy (non-hydrogen) atoms. The zero-order valence-electron chi connectivity index (χ0n) is 11.9. The van der Waals surface area contributed by atoms with Gasteiger partial charge in [0.2, 0.25) is 0 Å². The number of aliphatic hydroxyl groups excluding tert-OH is 2. The first-order chi connectivity index (χ1) is 10.4. The Morgan fingerprint density at radius 3 is 2.23 bits per heavy atom. The molecule has 0 aliphatic heterocycles. The maximum absolute atomic E-state index is 11.9. The van der Waals surface area contributed by atoms with E-state index in [-0.39, 0.29) is 16.7 Å². The third-order valence-corrected chi connectivity index (χ3v) is 2.52. The van der Waals surface area contributed by atoms with Crippen LogP contribution in [0.15, 0.2) is 36.4 Å². The van der Waals surface area contributed by atoms with E-state index in [1.807, 2.05) is 0 Å². The Balaban J connectivity index is 2.89. The van der Waals surface area contributed by atoms with Gasteiger partial charge in [-0.2, -0.15) is 0 Å². The molecule has 0 aromatic heterocycles. The zero-order chi connectivity index (χ0) is 16.7. The number of aliphatic hydroxyl groups is 2. The van der Waals surface area contributed by atoms with Crippen LogP contribution in [0, 0.1) is 0 Å². The predicted molar refractivity (Wildman–Crippen MR) is 75.1 cm³/mol. The molecule has 1 atom stereocenters. The first-order valence-corrected chi connectivity index (χ1v) is 6.34. The quantitative estimate of drug-likeness (QED) is 0.446. The maximum atomic E-state index is 11.9. The Kier molecular flexibility index (Phi) is 6.43. The molecule has 1 aromatic rings. The van der Waals surface area contributed by atoms with Gasteiger partial charge >= 0.3 is 17.9 Å². The number of carbonyl (C=O) groups is 3. The fourth-order valence-corrected chi connectivity index (χ4v) is 1.37. The molecule has 0 amide bonds. The standard InChI is InChI=1S/C15H16O7/c1-9(2)13(18)22-15(20)12-6-4-3-5-11(12)14(19)21-8-10(17)7-16/h3-6,10,16-17H,1,7-8H2,2H3. The Hall–Kier alpha value is -2.51. The van der Waals surface area contributed by atoms with Gasteiger partial charge in [0.25, 0.3) is 0 Å². The summed E-state index contributed by atoms with van der Waals surface area (Å²) in [7, 11) is 0. The predicted octanol–water partition coefficient (Wildman–Crippen LogP) is 0.456. The van der Waals surface area contributed by atoms with Gasteiger partial charge in [-0.3, -0.25) is 0 Å². The molecule has 0 fully saturated rings. The van der Waals surface area contributed by atoms with E-state index in [1.54, 1.807) is 0 Å². The van der Waals surface area contributed by atoms with Gasteiger partial charge in [0.15, 0.2) is 0 Å². The van der Waals surface area contributed by atoms with Crippen LogP contribution in [-0.2, 0) is 14.3 Å². The van der Waals surface area contributed by atoms with Crippen LogP contribution in [0.1, 0.15) is 27.6 Å². The van der Waals surface area contributed by atoms with Crippen molar-refractivity contribution in [2.45, 2.75) is 13.0 Å². The summed E-state index contributed by atoms with van der Waals surface area (Å²) in [6, 6.07) is 5.60. The Bertz CT molecular complexity index is 591. The maximum Gasteiger partial charge on any atom is 0.346 e. The van der Waals surface area contributed by atoms with E-state index in [1.165, 1.54) is 31.2 Å². The van der Waals surface area contributed by atoms with Crippen molar-refractivity contribution < 1.29 is 34.1 Å². The Labute approximate surface area is 126 Å². The minimum atomic E-state index is -1.21. The van der Waals surface area contributed by atoms with Crippen molar-refractivity contribution >= 4 is 17.9 Å². The highest BCUT2D eigenvalue weighted by molar-refractivity contribution is 6.07.